The molecule has 0 saturated heterocycles. The highest BCUT2D eigenvalue weighted by Gasteiger charge is 2.37. The summed E-state index contributed by atoms with van der Waals surface area (Å²) in [4.78, 5) is 16.8. The van der Waals surface area contributed by atoms with Gasteiger partial charge in [0.2, 0.25) is 5.91 Å². The monoisotopic (exact) mass is 376 g/mol. The molecule has 25 heavy (non-hydrogen) atoms. The quantitative estimate of drug-likeness (QED) is 0.808. The first-order valence-corrected chi connectivity index (χ1v) is 10.4. The average Bonchev–Trinajstić information content (AvgIpc) is 3.32. The van der Waals surface area contributed by atoms with Gasteiger partial charge >= 0.3 is 0 Å². The van der Waals surface area contributed by atoms with Crippen LogP contribution in [0, 0.1) is 0 Å². The largest absolute Gasteiger partial charge is 0.486 e. The van der Waals surface area contributed by atoms with Crippen LogP contribution in [0.5, 0.6) is 11.5 Å². The second-order valence-electron chi connectivity index (χ2n) is 6.28. The lowest BCUT2D eigenvalue weighted by Gasteiger charge is -2.32. The number of carbonyl (C=O) groups is 1. The molecule has 1 fully saturated rings. The number of fused-ring (bicyclic) bond motifs is 1. The molecule has 0 bridgehead atoms. The molecule has 4 rings (SSSR count). The fourth-order valence-electron chi connectivity index (χ4n) is 3.52. The van der Waals surface area contributed by atoms with Gasteiger partial charge in [0.05, 0.1) is 11.3 Å². The highest BCUT2D eigenvalue weighted by Crippen LogP contribution is 2.42. The Kier molecular flexibility index (Phi) is 4.85. The van der Waals surface area contributed by atoms with Crippen molar-refractivity contribution in [1.82, 2.24) is 10.3 Å². The molecule has 1 aliphatic heterocycles. The standard InChI is InChI=1S/C18H20N2O3S2/c21-16(12-25-17-19-7-10-24-17)20-18(5-1-2-6-18)13-3-4-14-15(11-13)23-9-8-22-14/h3-4,7,10-11H,1-2,5-6,8-9,12H2,(H,20,21). The van der Waals surface area contributed by atoms with Gasteiger partial charge in [-0.25, -0.2) is 4.98 Å². The van der Waals surface area contributed by atoms with Crippen LogP contribution in [0.2, 0.25) is 0 Å². The smallest absolute Gasteiger partial charge is 0.231 e. The predicted octanol–water partition coefficient (Wildman–Crippen LogP) is 3.59. The lowest BCUT2D eigenvalue weighted by Crippen LogP contribution is -2.44. The molecule has 1 aliphatic carbocycles. The van der Waals surface area contributed by atoms with E-state index in [0.717, 1.165) is 47.1 Å². The van der Waals surface area contributed by atoms with E-state index in [0.29, 0.717) is 19.0 Å². The average molecular weight is 377 g/mol. The van der Waals surface area contributed by atoms with E-state index in [1.165, 1.54) is 11.8 Å². The fraction of sp³-hybridized carbons (Fsp3) is 0.444. The van der Waals surface area contributed by atoms with Crippen molar-refractivity contribution in [2.45, 2.75) is 35.6 Å². The molecule has 0 spiro atoms. The number of benzene rings is 1. The topological polar surface area (TPSA) is 60.5 Å². The van der Waals surface area contributed by atoms with Crippen molar-refractivity contribution in [2.24, 2.45) is 0 Å². The Balaban J connectivity index is 1.50. The Labute approximate surface area is 155 Å². The minimum absolute atomic E-state index is 0.0528. The van der Waals surface area contributed by atoms with Gasteiger partial charge in [0.1, 0.15) is 17.6 Å². The number of aromatic nitrogens is 1. The molecule has 1 aromatic heterocycles. The van der Waals surface area contributed by atoms with Crippen LogP contribution in [0.4, 0.5) is 0 Å². The van der Waals surface area contributed by atoms with Crippen molar-refractivity contribution in [1.29, 1.82) is 0 Å². The molecule has 7 heteroatoms. The molecule has 2 aliphatic rings. The summed E-state index contributed by atoms with van der Waals surface area (Å²) in [6.45, 7) is 1.16. The van der Waals surface area contributed by atoms with Gasteiger partial charge in [0.25, 0.3) is 0 Å². The Morgan fingerprint density at radius 3 is 2.80 bits per heavy atom. The SMILES string of the molecule is O=C(CSc1nccs1)NC1(c2ccc3c(c2)OCCO3)CCCC1. The summed E-state index contributed by atoms with van der Waals surface area (Å²) in [7, 11) is 0. The van der Waals surface area contributed by atoms with Crippen LogP contribution in [0.1, 0.15) is 31.2 Å². The van der Waals surface area contributed by atoms with Crippen LogP contribution in [-0.2, 0) is 10.3 Å². The number of nitrogens with one attached hydrogen (secondary N) is 1. The minimum atomic E-state index is -0.295. The van der Waals surface area contributed by atoms with Gasteiger partial charge in [-0.2, -0.15) is 0 Å². The van der Waals surface area contributed by atoms with E-state index < -0.39 is 0 Å². The third kappa shape index (κ3) is 3.62. The van der Waals surface area contributed by atoms with E-state index >= 15 is 0 Å². The summed E-state index contributed by atoms with van der Waals surface area (Å²) in [5.41, 5.74) is 0.818. The number of rotatable bonds is 5. The molecule has 5 nitrogen and oxygen atoms in total. The zero-order chi connectivity index (χ0) is 17.1. The third-order valence-electron chi connectivity index (χ3n) is 4.67. The zero-order valence-electron chi connectivity index (χ0n) is 13.8. The van der Waals surface area contributed by atoms with Gasteiger partial charge in [0, 0.05) is 11.6 Å². The molecule has 1 saturated carbocycles. The summed E-state index contributed by atoms with van der Waals surface area (Å²) < 4.78 is 12.3. The molecule has 2 aromatic rings. The van der Waals surface area contributed by atoms with Crippen LogP contribution in [0.3, 0.4) is 0 Å². The van der Waals surface area contributed by atoms with Crippen LogP contribution in [0.25, 0.3) is 0 Å². The molecular formula is C18H20N2O3S2. The third-order valence-corrected chi connectivity index (χ3v) is 6.63. The Hall–Kier alpha value is -1.73. The summed E-state index contributed by atoms with van der Waals surface area (Å²) in [6.07, 6.45) is 5.92. The van der Waals surface area contributed by atoms with Gasteiger partial charge in [0.15, 0.2) is 11.5 Å². The van der Waals surface area contributed by atoms with Crippen LogP contribution >= 0.6 is 23.1 Å². The van der Waals surface area contributed by atoms with E-state index in [1.54, 1.807) is 17.5 Å². The van der Waals surface area contributed by atoms with Crippen molar-refractivity contribution in [3.63, 3.8) is 0 Å². The predicted molar refractivity (Wildman–Crippen MR) is 98.6 cm³/mol. The van der Waals surface area contributed by atoms with Crippen LogP contribution in [-0.4, -0.2) is 29.9 Å². The molecule has 1 aromatic carbocycles. The Morgan fingerprint density at radius 1 is 1.24 bits per heavy atom. The molecule has 1 amide bonds. The van der Waals surface area contributed by atoms with Crippen molar-refractivity contribution in [3.05, 3.63) is 35.3 Å². The van der Waals surface area contributed by atoms with Gasteiger partial charge in [-0.3, -0.25) is 4.79 Å². The van der Waals surface area contributed by atoms with Gasteiger partial charge in [-0.15, -0.1) is 11.3 Å². The van der Waals surface area contributed by atoms with E-state index in [-0.39, 0.29) is 11.4 Å². The van der Waals surface area contributed by atoms with Crippen LogP contribution in [0.15, 0.2) is 34.1 Å². The van der Waals surface area contributed by atoms with E-state index in [9.17, 15) is 4.79 Å². The van der Waals surface area contributed by atoms with E-state index in [2.05, 4.69) is 16.4 Å². The highest BCUT2D eigenvalue weighted by atomic mass is 32.2. The number of ether oxygens (including phenoxy) is 2. The first-order chi connectivity index (χ1) is 12.3. The minimum Gasteiger partial charge on any atom is -0.486 e. The molecule has 132 valence electrons. The molecule has 2 heterocycles. The number of carbonyl (C=O) groups excluding carboxylic acids is 1. The van der Waals surface area contributed by atoms with Gasteiger partial charge in [-0.05, 0) is 30.5 Å². The van der Waals surface area contributed by atoms with Crippen molar-refractivity contribution in [2.75, 3.05) is 19.0 Å². The zero-order valence-corrected chi connectivity index (χ0v) is 15.5. The number of nitrogens with zero attached hydrogens (tertiary/aromatic N) is 1. The molecule has 0 unspecified atom stereocenters. The normalized spacial score (nSPS) is 18.1. The number of amides is 1. The summed E-state index contributed by atoms with van der Waals surface area (Å²) >= 11 is 3.05. The number of hydrogen-bond acceptors (Lipinski definition) is 6. The van der Waals surface area contributed by atoms with Crippen molar-refractivity contribution >= 4 is 29.0 Å². The Morgan fingerprint density at radius 2 is 2.04 bits per heavy atom. The van der Waals surface area contributed by atoms with Crippen molar-refractivity contribution in [3.8, 4) is 11.5 Å². The number of hydrogen-bond donors (Lipinski definition) is 1. The molecular weight excluding hydrogens is 356 g/mol. The maximum atomic E-state index is 12.6. The highest BCUT2D eigenvalue weighted by molar-refractivity contribution is 8.01. The van der Waals surface area contributed by atoms with Gasteiger partial charge < -0.3 is 14.8 Å². The van der Waals surface area contributed by atoms with Gasteiger partial charge in [-0.1, -0.05) is 30.7 Å². The maximum absolute atomic E-state index is 12.6. The van der Waals surface area contributed by atoms with Crippen molar-refractivity contribution < 1.29 is 14.3 Å². The Bertz CT molecular complexity index is 743. The summed E-state index contributed by atoms with van der Waals surface area (Å²) in [5, 5.41) is 5.22. The van der Waals surface area contributed by atoms with E-state index in [4.69, 9.17) is 9.47 Å². The first kappa shape index (κ1) is 16.7. The van der Waals surface area contributed by atoms with E-state index in [1.807, 2.05) is 17.5 Å². The summed E-state index contributed by atoms with van der Waals surface area (Å²) in [6, 6.07) is 6.06. The fourth-order valence-corrected chi connectivity index (χ4v) is 4.95. The summed E-state index contributed by atoms with van der Waals surface area (Å²) in [5.74, 6) is 2.01. The second kappa shape index (κ2) is 7.25. The molecule has 1 N–H and O–H groups in total. The van der Waals surface area contributed by atoms with Crippen LogP contribution < -0.4 is 14.8 Å². The molecule has 0 atom stereocenters. The first-order valence-electron chi connectivity index (χ1n) is 8.49. The lowest BCUT2D eigenvalue weighted by atomic mass is 9.87. The lowest BCUT2D eigenvalue weighted by molar-refractivity contribution is -0.120. The molecule has 0 radical (unpaired) electrons. The number of thiazole rings is 1. The number of thioether (sulfide) groups is 1. The second-order valence-corrected chi connectivity index (χ2v) is 8.40. The maximum Gasteiger partial charge on any atom is 0.231 e.